The van der Waals surface area contributed by atoms with Gasteiger partial charge in [0.25, 0.3) is 0 Å². The average Bonchev–Trinajstić information content (AvgIpc) is 2.46. The number of hydrogen-bond donors (Lipinski definition) is 1. The van der Waals surface area contributed by atoms with Crippen LogP contribution in [0, 0.1) is 0 Å². The molecule has 0 aromatic rings. The number of carboxylic acids is 1. The minimum atomic E-state index is -0.859. The summed E-state index contributed by atoms with van der Waals surface area (Å²) < 4.78 is 0. The number of nitrogens with zero attached hydrogens (tertiary/aromatic N) is 1. The summed E-state index contributed by atoms with van der Waals surface area (Å²) in [5.74, 6) is 0.920. The number of rotatable bonds is 2. The Morgan fingerprint density at radius 3 is 2.92 bits per heavy atom. The molecule has 1 heterocycles. The first-order valence-corrected chi connectivity index (χ1v) is 3.94. The molecule has 1 aliphatic rings. The van der Waals surface area contributed by atoms with E-state index in [4.69, 9.17) is 5.11 Å². The molecule has 1 rings (SSSR count). The monoisotopic (exact) mass is 169 g/mol. The number of likely N-dealkylation sites (tertiary alicyclic amines) is 1. The highest BCUT2D eigenvalue weighted by Gasteiger charge is 2.32. The van der Waals surface area contributed by atoms with E-state index in [-0.39, 0.29) is 0 Å². The van der Waals surface area contributed by atoms with Gasteiger partial charge >= 0.3 is 5.97 Å². The quantitative estimate of drug-likeness (QED) is 0.603. The van der Waals surface area contributed by atoms with Crippen LogP contribution in [-0.4, -0.2) is 34.5 Å². The topological polar surface area (TPSA) is 57.6 Å². The second-order valence-electron chi connectivity index (χ2n) is 2.73. The van der Waals surface area contributed by atoms with E-state index in [1.165, 1.54) is 0 Å². The average molecular weight is 169 g/mol. The van der Waals surface area contributed by atoms with Crippen LogP contribution in [0.2, 0.25) is 0 Å². The van der Waals surface area contributed by atoms with Gasteiger partial charge in [-0.05, 0) is 13.3 Å². The highest BCUT2D eigenvalue weighted by molar-refractivity contribution is 5.75. The van der Waals surface area contributed by atoms with Gasteiger partial charge < -0.3 is 10.0 Å². The number of allylic oxidation sites excluding steroid dienone is 1. The molecule has 0 unspecified atom stereocenters. The maximum atomic E-state index is 10.6. The van der Waals surface area contributed by atoms with Gasteiger partial charge in [-0.1, -0.05) is 0 Å². The second-order valence-corrected chi connectivity index (χ2v) is 2.73. The zero-order valence-electron chi connectivity index (χ0n) is 6.91. The maximum Gasteiger partial charge on any atom is 0.326 e. The van der Waals surface area contributed by atoms with E-state index in [9.17, 15) is 9.59 Å². The van der Waals surface area contributed by atoms with Gasteiger partial charge in [-0.15, -0.1) is 0 Å². The Bertz CT molecular complexity index is 243. The number of carbonyl (C=O) groups is 1. The molecular weight excluding hydrogens is 158 g/mol. The van der Waals surface area contributed by atoms with E-state index < -0.39 is 12.0 Å². The van der Waals surface area contributed by atoms with Crippen molar-refractivity contribution in [1.29, 1.82) is 0 Å². The van der Waals surface area contributed by atoms with Crippen LogP contribution in [-0.2, 0) is 9.59 Å². The van der Waals surface area contributed by atoms with Gasteiger partial charge in [-0.25, -0.2) is 9.59 Å². The van der Waals surface area contributed by atoms with Gasteiger partial charge in [0.2, 0.25) is 0 Å². The van der Waals surface area contributed by atoms with Crippen molar-refractivity contribution in [1.82, 2.24) is 4.90 Å². The van der Waals surface area contributed by atoms with Gasteiger partial charge in [-0.2, -0.15) is 0 Å². The van der Waals surface area contributed by atoms with Crippen molar-refractivity contribution in [2.75, 3.05) is 6.54 Å². The van der Waals surface area contributed by atoms with Crippen molar-refractivity contribution in [3.8, 4) is 0 Å². The van der Waals surface area contributed by atoms with Crippen molar-refractivity contribution in [2.24, 2.45) is 0 Å². The van der Waals surface area contributed by atoms with Crippen LogP contribution in [0.4, 0.5) is 0 Å². The number of aliphatic carboxylic acids is 1. The first-order chi connectivity index (χ1) is 5.70. The lowest BCUT2D eigenvalue weighted by Gasteiger charge is -2.20. The van der Waals surface area contributed by atoms with Crippen molar-refractivity contribution < 1.29 is 14.7 Å². The van der Waals surface area contributed by atoms with Crippen molar-refractivity contribution >= 4 is 11.9 Å². The molecule has 1 aliphatic heterocycles. The molecule has 0 amide bonds. The SMILES string of the molecule is CCN1C(=C=O)CC[C@H]1C(=O)O. The zero-order chi connectivity index (χ0) is 9.14. The van der Waals surface area contributed by atoms with Gasteiger partial charge in [-0.3, -0.25) is 0 Å². The molecule has 4 heteroatoms. The Labute approximate surface area is 70.5 Å². The summed E-state index contributed by atoms with van der Waals surface area (Å²) in [6.45, 7) is 2.39. The number of hydrogen-bond acceptors (Lipinski definition) is 3. The normalized spacial score (nSPS) is 22.6. The third-order valence-corrected chi connectivity index (χ3v) is 2.12. The minimum Gasteiger partial charge on any atom is -0.480 e. The van der Waals surface area contributed by atoms with E-state index in [1.807, 2.05) is 6.92 Å². The molecule has 1 saturated heterocycles. The van der Waals surface area contributed by atoms with E-state index in [1.54, 1.807) is 10.8 Å². The first kappa shape index (κ1) is 8.81. The van der Waals surface area contributed by atoms with Crippen LogP contribution in [0.1, 0.15) is 19.8 Å². The van der Waals surface area contributed by atoms with Crippen molar-refractivity contribution in [3.05, 3.63) is 5.70 Å². The smallest absolute Gasteiger partial charge is 0.326 e. The van der Waals surface area contributed by atoms with E-state index in [0.29, 0.717) is 25.1 Å². The Morgan fingerprint density at radius 1 is 1.83 bits per heavy atom. The fourth-order valence-electron chi connectivity index (χ4n) is 1.54. The molecule has 0 aliphatic carbocycles. The standard InChI is InChI=1S/C8H11NO3/c1-2-9-6(5-10)3-4-7(9)8(11)12/h7H,2-4H2,1H3,(H,11,12)/t7-/m0/s1. The summed E-state index contributed by atoms with van der Waals surface area (Å²) in [4.78, 5) is 22.6. The largest absolute Gasteiger partial charge is 0.480 e. The van der Waals surface area contributed by atoms with Gasteiger partial charge in [0.15, 0.2) is 0 Å². The predicted octanol–water partition coefficient (Wildman–Crippen LogP) is 0.271. The van der Waals surface area contributed by atoms with E-state index in [2.05, 4.69) is 0 Å². The van der Waals surface area contributed by atoms with E-state index in [0.717, 1.165) is 0 Å². The molecule has 12 heavy (non-hydrogen) atoms. The molecule has 1 N–H and O–H groups in total. The highest BCUT2D eigenvalue weighted by Crippen LogP contribution is 2.24. The summed E-state index contributed by atoms with van der Waals surface area (Å²) in [7, 11) is 0. The molecule has 4 nitrogen and oxygen atoms in total. The van der Waals surface area contributed by atoms with E-state index >= 15 is 0 Å². The highest BCUT2D eigenvalue weighted by atomic mass is 16.4. The van der Waals surface area contributed by atoms with Crippen LogP contribution in [0.3, 0.4) is 0 Å². The third kappa shape index (κ3) is 1.34. The van der Waals surface area contributed by atoms with Crippen LogP contribution < -0.4 is 0 Å². The van der Waals surface area contributed by atoms with Gasteiger partial charge in [0.05, 0.1) is 5.70 Å². The molecule has 0 aromatic heterocycles. The number of carboxylic acid groups (broad SMARTS) is 1. The lowest BCUT2D eigenvalue weighted by atomic mass is 10.2. The lowest BCUT2D eigenvalue weighted by molar-refractivity contribution is -0.141. The second kappa shape index (κ2) is 3.41. The number of carbonyl (C=O) groups excluding carboxylic acids is 1. The fraction of sp³-hybridized carbons (Fsp3) is 0.625. The molecule has 0 bridgehead atoms. The first-order valence-electron chi connectivity index (χ1n) is 3.94. The van der Waals surface area contributed by atoms with Gasteiger partial charge in [0, 0.05) is 13.0 Å². The summed E-state index contributed by atoms with van der Waals surface area (Å²) in [6.07, 6.45) is 1.06. The molecule has 0 saturated carbocycles. The van der Waals surface area contributed by atoms with Crippen LogP contribution in [0.15, 0.2) is 5.70 Å². The van der Waals surface area contributed by atoms with Crippen LogP contribution in [0.5, 0.6) is 0 Å². The summed E-state index contributed by atoms with van der Waals surface area (Å²) >= 11 is 0. The Balaban J connectivity index is 2.82. The zero-order valence-corrected chi connectivity index (χ0v) is 6.91. The summed E-state index contributed by atoms with van der Waals surface area (Å²) in [5, 5.41) is 8.74. The predicted molar refractivity (Wildman–Crippen MR) is 42.2 cm³/mol. The maximum absolute atomic E-state index is 10.6. The molecule has 1 atom stereocenters. The molecule has 1 fully saturated rings. The molecular formula is C8H11NO3. The van der Waals surface area contributed by atoms with Gasteiger partial charge in [0.1, 0.15) is 12.0 Å². The van der Waals surface area contributed by atoms with Crippen molar-refractivity contribution in [3.63, 3.8) is 0 Å². The lowest BCUT2D eigenvalue weighted by Crippen LogP contribution is -2.34. The van der Waals surface area contributed by atoms with Crippen LogP contribution >= 0.6 is 0 Å². The fourth-order valence-corrected chi connectivity index (χ4v) is 1.54. The van der Waals surface area contributed by atoms with Crippen LogP contribution in [0.25, 0.3) is 0 Å². The minimum absolute atomic E-state index is 0.491. The van der Waals surface area contributed by atoms with Crippen molar-refractivity contribution in [2.45, 2.75) is 25.8 Å². The molecule has 66 valence electrons. The molecule has 0 radical (unpaired) electrons. The Morgan fingerprint density at radius 2 is 2.50 bits per heavy atom. The Kier molecular flexibility index (Phi) is 2.51. The number of likely N-dealkylation sites (N-methyl/N-ethyl adjacent to an activating group) is 1. The molecule has 0 spiro atoms. The summed E-state index contributed by atoms with van der Waals surface area (Å²) in [6, 6.07) is -0.522. The summed E-state index contributed by atoms with van der Waals surface area (Å²) in [5.41, 5.74) is 0.491. The third-order valence-electron chi connectivity index (χ3n) is 2.12. The Hall–Kier alpha value is -1.28. The molecule has 0 aromatic carbocycles.